The van der Waals surface area contributed by atoms with E-state index in [-0.39, 0.29) is 18.0 Å². The van der Waals surface area contributed by atoms with Gasteiger partial charge in [-0.1, -0.05) is 34.1 Å². The van der Waals surface area contributed by atoms with Gasteiger partial charge in [0.1, 0.15) is 23.7 Å². The molecule has 0 aliphatic carbocycles. The average molecular weight is 523 g/mol. The molecule has 0 radical (unpaired) electrons. The number of benzene rings is 3. The number of hydrogen-bond acceptors (Lipinski definition) is 4. The van der Waals surface area contributed by atoms with Crippen LogP contribution in [-0.2, 0) is 16.2 Å². The topological polar surface area (TPSA) is 75.7 Å². The Balaban J connectivity index is 1.68. The number of amides is 4. The van der Waals surface area contributed by atoms with Crippen molar-refractivity contribution in [2.75, 3.05) is 4.90 Å². The third-order valence-corrected chi connectivity index (χ3v) is 5.64. The maximum absolute atomic E-state index is 13.3. The summed E-state index contributed by atoms with van der Waals surface area (Å²) in [5.74, 6) is -1.46. The van der Waals surface area contributed by atoms with E-state index in [2.05, 4.69) is 21.2 Å². The minimum absolute atomic E-state index is 0.158. The minimum Gasteiger partial charge on any atom is -0.488 e. The number of halogens is 2. The van der Waals surface area contributed by atoms with E-state index < -0.39 is 17.8 Å². The predicted octanol–water partition coefficient (Wildman–Crippen LogP) is 5.45. The number of nitrogens with zero attached hydrogens (tertiary/aromatic N) is 1. The highest BCUT2D eigenvalue weighted by atomic mass is 79.9. The molecule has 1 fully saturated rings. The second kappa shape index (κ2) is 9.61. The SMILES string of the molecule is Cc1cc(C)cc(N2C(=O)NC(=O)/C(=C\c3cc(Br)ccc3OCc3ccc(F)cc3)C2=O)c1. The molecule has 0 aromatic heterocycles. The molecule has 0 bridgehead atoms. The lowest BCUT2D eigenvalue weighted by Gasteiger charge is -2.27. The monoisotopic (exact) mass is 522 g/mol. The molecule has 0 saturated carbocycles. The van der Waals surface area contributed by atoms with E-state index in [0.29, 0.717) is 21.5 Å². The summed E-state index contributed by atoms with van der Waals surface area (Å²) in [5, 5.41) is 2.24. The van der Waals surface area contributed by atoms with E-state index >= 15 is 0 Å². The summed E-state index contributed by atoms with van der Waals surface area (Å²) in [6.45, 7) is 3.87. The molecule has 3 aromatic carbocycles. The van der Waals surface area contributed by atoms with Crippen LogP contribution in [0.4, 0.5) is 14.9 Å². The van der Waals surface area contributed by atoms with Gasteiger partial charge in [-0.3, -0.25) is 14.9 Å². The normalized spacial score (nSPS) is 15.0. The van der Waals surface area contributed by atoms with Crippen molar-refractivity contribution in [3.63, 3.8) is 0 Å². The van der Waals surface area contributed by atoms with Gasteiger partial charge in [-0.05, 0) is 79.1 Å². The van der Waals surface area contributed by atoms with E-state index in [9.17, 15) is 18.8 Å². The van der Waals surface area contributed by atoms with Gasteiger partial charge in [-0.2, -0.15) is 0 Å². The first-order valence-corrected chi connectivity index (χ1v) is 11.2. The maximum atomic E-state index is 13.3. The van der Waals surface area contributed by atoms with Crippen LogP contribution in [0.25, 0.3) is 6.08 Å². The van der Waals surface area contributed by atoms with Crippen molar-refractivity contribution in [1.82, 2.24) is 5.32 Å². The molecule has 3 aromatic rings. The molecule has 4 amide bonds. The van der Waals surface area contributed by atoms with Crippen LogP contribution in [0.3, 0.4) is 0 Å². The van der Waals surface area contributed by atoms with Crippen LogP contribution in [0.5, 0.6) is 5.75 Å². The van der Waals surface area contributed by atoms with E-state index in [1.807, 2.05) is 19.9 Å². The molecule has 4 rings (SSSR count). The number of imide groups is 2. The minimum atomic E-state index is -0.806. The molecule has 1 N–H and O–H groups in total. The first kappa shape index (κ1) is 23.4. The van der Waals surface area contributed by atoms with Gasteiger partial charge in [0.25, 0.3) is 11.8 Å². The molecule has 8 heteroatoms. The van der Waals surface area contributed by atoms with Gasteiger partial charge >= 0.3 is 6.03 Å². The number of barbiturate groups is 1. The second-order valence-electron chi connectivity index (χ2n) is 7.90. The molecular formula is C26H20BrFN2O4. The van der Waals surface area contributed by atoms with E-state index in [0.717, 1.165) is 21.6 Å². The van der Waals surface area contributed by atoms with Crippen LogP contribution in [0.15, 0.2) is 70.7 Å². The highest BCUT2D eigenvalue weighted by molar-refractivity contribution is 9.10. The zero-order chi connectivity index (χ0) is 24.4. The highest BCUT2D eigenvalue weighted by Gasteiger charge is 2.37. The highest BCUT2D eigenvalue weighted by Crippen LogP contribution is 2.29. The summed E-state index contributed by atoms with van der Waals surface area (Å²) < 4.78 is 19.8. The number of carbonyl (C=O) groups excluding carboxylic acids is 3. The van der Waals surface area contributed by atoms with Gasteiger partial charge in [-0.25, -0.2) is 14.1 Å². The summed E-state index contributed by atoms with van der Waals surface area (Å²) in [6, 6.07) is 15.6. The number of aryl methyl sites for hydroxylation is 2. The maximum Gasteiger partial charge on any atom is 0.335 e. The van der Waals surface area contributed by atoms with Crippen molar-refractivity contribution in [3.8, 4) is 5.75 Å². The summed E-state index contributed by atoms with van der Waals surface area (Å²) in [4.78, 5) is 39.3. The Morgan fingerprint density at radius 1 is 0.971 bits per heavy atom. The Morgan fingerprint density at radius 2 is 1.65 bits per heavy atom. The lowest BCUT2D eigenvalue weighted by Crippen LogP contribution is -2.54. The number of ether oxygens (including phenoxy) is 1. The summed E-state index contributed by atoms with van der Waals surface area (Å²) in [5.41, 5.74) is 3.14. The third kappa shape index (κ3) is 5.07. The fourth-order valence-electron chi connectivity index (χ4n) is 3.63. The van der Waals surface area contributed by atoms with Crippen LogP contribution >= 0.6 is 15.9 Å². The Labute approximate surface area is 204 Å². The predicted molar refractivity (Wildman–Crippen MR) is 130 cm³/mol. The summed E-state index contributed by atoms with van der Waals surface area (Å²) in [7, 11) is 0. The zero-order valence-electron chi connectivity index (χ0n) is 18.4. The van der Waals surface area contributed by atoms with Gasteiger partial charge in [0, 0.05) is 10.0 Å². The van der Waals surface area contributed by atoms with Crippen molar-refractivity contribution in [3.05, 3.63) is 98.8 Å². The van der Waals surface area contributed by atoms with Gasteiger partial charge in [0.05, 0.1) is 5.69 Å². The summed E-state index contributed by atoms with van der Waals surface area (Å²) >= 11 is 3.39. The lowest BCUT2D eigenvalue weighted by molar-refractivity contribution is -0.122. The van der Waals surface area contributed by atoms with Crippen LogP contribution in [0.1, 0.15) is 22.3 Å². The lowest BCUT2D eigenvalue weighted by atomic mass is 10.0. The van der Waals surface area contributed by atoms with Crippen molar-refractivity contribution >= 4 is 45.5 Å². The zero-order valence-corrected chi connectivity index (χ0v) is 20.0. The van der Waals surface area contributed by atoms with E-state index in [1.54, 1.807) is 42.5 Å². The van der Waals surface area contributed by atoms with E-state index in [4.69, 9.17) is 4.74 Å². The molecule has 0 unspecified atom stereocenters. The molecule has 1 aliphatic rings. The molecule has 1 heterocycles. The molecule has 1 saturated heterocycles. The van der Waals surface area contributed by atoms with Crippen LogP contribution < -0.4 is 15.0 Å². The molecule has 6 nitrogen and oxygen atoms in total. The van der Waals surface area contributed by atoms with Gasteiger partial charge < -0.3 is 4.74 Å². The quantitative estimate of drug-likeness (QED) is 0.357. The molecule has 172 valence electrons. The number of anilines is 1. The first-order chi connectivity index (χ1) is 16.2. The number of nitrogens with one attached hydrogen (secondary N) is 1. The largest absolute Gasteiger partial charge is 0.488 e. The van der Waals surface area contributed by atoms with Crippen molar-refractivity contribution < 1.29 is 23.5 Å². The van der Waals surface area contributed by atoms with Gasteiger partial charge in [-0.15, -0.1) is 0 Å². The van der Waals surface area contributed by atoms with Crippen LogP contribution in [-0.4, -0.2) is 17.8 Å². The molecule has 1 aliphatic heterocycles. The number of hydrogen-bond donors (Lipinski definition) is 1. The van der Waals surface area contributed by atoms with Crippen LogP contribution in [0, 0.1) is 19.7 Å². The van der Waals surface area contributed by atoms with E-state index in [1.165, 1.54) is 18.2 Å². The van der Waals surface area contributed by atoms with Gasteiger partial charge in [0.2, 0.25) is 0 Å². The molecule has 0 spiro atoms. The molecule has 34 heavy (non-hydrogen) atoms. The Morgan fingerprint density at radius 3 is 2.32 bits per heavy atom. The number of urea groups is 1. The number of carbonyl (C=O) groups is 3. The standard InChI is InChI=1S/C26H20BrFN2O4/c1-15-9-16(2)11-21(10-15)30-25(32)22(24(31)29-26(30)33)13-18-12-19(27)5-8-23(18)34-14-17-3-6-20(28)7-4-17/h3-13H,14H2,1-2H3,(H,29,31,33)/b22-13+. The third-order valence-electron chi connectivity index (χ3n) is 5.15. The molecule has 0 atom stereocenters. The van der Waals surface area contributed by atoms with Crippen molar-refractivity contribution in [2.45, 2.75) is 20.5 Å². The van der Waals surface area contributed by atoms with Crippen molar-refractivity contribution in [2.24, 2.45) is 0 Å². The Hall–Kier alpha value is -3.78. The number of rotatable bonds is 5. The second-order valence-corrected chi connectivity index (χ2v) is 8.82. The summed E-state index contributed by atoms with van der Waals surface area (Å²) in [6.07, 6.45) is 1.39. The Bertz CT molecular complexity index is 1310. The Kier molecular flexibility index (Phi) is 6.61. The smallest absolute Gasteiger partial charge is 0.335 e. The fraction of sp³-hybridized carbons (Fsp3) is 0.115. The fourth-order valence-corrected chi connectivity index (χ4v) is 4.01. The average Bonchev–Trinajstić information content (AvgIpc) is 2.76. The van der Waals surface area contributed by atoms with Gasteiger partial charge in [0.15, 0.2) is 0 Å². The van der Waals surface area contributed by atoms with Crippen molar-refractivity contribution in [1.29, 1.82) is 0 Å². The molecular weight excluding hydrogens is 503 g/mol. The van der Waals surface area contributed by atoms with Crippen LogP contribution in [0.2, 0.25) is 0 Å². The first-order valence-electron chi connectivity index (χ1n) is 10.4.